The first-order valence-corrected chi connectivity index (χ1v) is 8.17. The zero-order valence-electron chi connectivity index (χ0n) is 11.9. The Morgan fingerprint density at radius 2 is 1.48 bits per heavy atom. The molecular formula is C17H20N2OS. The normalized spacial score (nSPS) is 10.1. The Kier molecular flexibility index (Phi) is 6.68. The van der Waals surface area contributed by atoms with Gasteiger partial charge in [-0.15, -0.1) is 0 Å². The predicted molar refractivity (Wildman–Crippen MR) is 89.3 cm³/mol. The smallest absolute Gasteiger partial charge is 0.315 e. The van der Waals surface area contributed by atoms with Gasteiger partial charge in [0.15, 0.2) is 0 Å². The first kappa shape index (κ1) is 15.4. The monoisotopic (exact) mass is 300 g/mol. The fourth-order valence-corrected chi connectivity index (χ4v) is 2.66. The van der Waals surface area contributed by atoms with Gasteiger partial charge in [0.2, 0.25) is 0 Å². The lowest BCUT2D eigenvalue weighted by molar-refractivity contribution is 0.241. The van der Waals surface area contributed by atoms with E-state index in [0.29, 0.717) is 13.1 Å². The molecule has 0 saturated heterocycles. The zero-order chi connectivity index (χ0) is 14.8. The van der Waals surface area contributed by atoms with Crippen LogP contribution in [0, 0.1) is 0 Å². The first-order valence-electron chi connectivity index (χ1n) is 7.02. The Bertz CT molecular complexity index is 531. The van der Waals surface area contributed by atoms with Crippen LogP contribution in [0.1, 0.15) is 11.1 Å². The maximum Gasteiger partial charge on any atom is 0.315 e. The molecule has 2 N–H and O–H groups in total. The third-order valence-electron chi connectivity index (χ3n) is 2.94. The molecule has 0 aliphatic carbocycles. The summed E-state index contributed by atoms with van der Waals surface area (Å²) < 4.78 is 0. The van der Waals surface area contributed by atoms with Gasteiger partial charge in [-0.1, -0.05) is 60.7 Å². The Morgan fingerprint density at radius 1 is 0.857 bits per heavy atom. The van der Waals surface area contributed by atoms with Gasteiger partial charge < -0.3 is 10.6 Å². The van der Waals surface area contributed by atoms with Crippen LogP contribution in [-0.2, 0) is 12.3 Å². The minimum absolute atomic E-state index is 0.112. The molecule has 0 radical (unpaired) electrons. The average Bonchev–Trinajstić information content (AvgIpc) is 2.54. The average molecular weight is 300 g/mol. The van der Waals surface area contributed by atoms with Crippen LogP contribution in [-0.4, -0.2) is 18.3 Å². The van der Waals surface area contributed by atoms with E-state index in [0.717, 1.165) is 17.1 Å². The van der Waals surface area contributed by atoms with E-state index in [-0.39, 0.29) is 6.03 Å². The van der Waals surface area contributed by atoms with Gasteiger partial charge in [0, 0.05) is 24.6 Å². The highest BCUT2D eigenvalue weighted by atomic mass is 32.2. The van der Waals surface area contributed by atoms with Crippen molar-refractivity contribution in [2.75, 3.05) is 12.3 Å². The van der Waals surface area contributed by atoms with Crippen molar-refractivity contribution in [2.24, 2.45) is 0 Å². The number of amides is 2. The quantitative estimate of drug-likeness (QED) is 0.769. The van der Waals surface area contributed by atoms with Crippen LogP contribution in [0.5, 0.6) is 0 Å². The molecule has 21 heavy (non-hydrogen) atoms. The van der Waals surface area contributed by atoms with Gasteiger partial charge in [-0.25, -0.2) is 4.79 Å². The number of rotatable bonds is 7. The van der Waals surface area contributed by atoms with Crippen LogP contribution >= 0.6 is 11.8 Å². The Balaban J connectivity index is 1.53. The van der Waals surface area contributed by atoms with Crippen LogP contribution in [0.25, 0.3) is 0 Å². The summed E-state index contributed by atoms with van der Waals surface area (Å²) in [5, 5.41) is 5.72. The SMILES string of the molecule is O=C(NCCSCc1ccccc1)NCc1ccccc1. The summed E-state index contributed by atoms with van der Waals surface area (Å²) in [6.07, 6.45) is 0. The molecule has 0 unspecified atom stereocenters. The van der Waals surface area contributed by atoms with Gasteiger partial charge in [-0.05, 0) is 11.1 Å². The van der Waals surface area contributed by atoms with Crippen LogP contribution in [0.2, 0.25) is 0 Å². The summed E-state index contributed by atoms with van der Waals surface area (Å²) in [6.45, 7) is 1.24. The van der Waals surface area contributed by atoms with E-state index in [9.17, 15) is 4.79 Å². The van der Waals surface area contributed by atoms with E-state index in [2.05, 4.69) is 22.8 Å². The molecule has 2 amide bonds. The Labute approximate surface area is 130 Å². The molecule has 0 atom stereocenters. The molecule has 110 valence electrons. The second-order valence-electron chi connectivity index (χ2n) is 4.63. The van der Waals surface area contributed by atoms with E-state index >= 15 is 0 Å². The minimum Gasteiger partial charge on any atom is -0.337 e. The Morgan fingerprint density at radius 3 is 2.14 bits per heavy atom. The van der Waals surface area contributed by atoms with Crippen LogP contribution in [0.4, 0.5) is 4.79 Å². The van der Waals surface area contributed by atoms with Crippen molar-refractivity contribution >= 4 is 17.8 Å². The number of urea groups is 1. The molecule has 2 rings (SSSR count). The van der Waals surface area contributed by atoms with E-state index in [4.69, 9.17) is 0 Å². The molecule has 2 aromatic rings. The fraction of sp³-hybridized carbons (Fsp3) is 0.235. The molecule has 0 aliphatic rings. The summed E-state index contributed by atoms with van der Waals surface area (Å²) in [5.74, 6) is 1.89. The standard InChI is InChI=1S/C17H20N2OS/c20-17(19-13-15-7-3-1-4-8-15)18-11-12-21-14-16-9-5-2-6-10-16/h1-10H,11-14H2,(H2,18,19,20). The van der Waals surface area contributed by atoms with E-state index < -0.39 is 0 Å². The highest BCUT2D eigenvalue weighted by Gasteiger charge is 1.99. The van der Waals surface area contributed by atoms with Gasteiger partial charge in [-0.2, -0.15) is 11.8 Å². The van der Waals surface area contributed by atoms with Crippen molar-refractivity contribution in [3.05, 3.63) is 71.8 Å². The van der Waals surface area contributed by atoms with E-state index in [1.54, 1.807) is 0 Å². The third-order valence-corrected chi connectivity index (χ3v) is 3.97. The van der Waals surface area contributed by atoms with Crippen molar-refractivity contribution in [1.29, 1.82) is 0 Å². The lowest BCUT2D eigenvalue weighted by Gasteiger charge is -2.07. The lowest BCUT2D eigenvalue weighted by Crippen LogP contribution is -2.36. The van der Waals surface area contributed by atoms with Crippen molar-refractivity contribution in [2.45, 2.75) is 12.3 Å². The minimum atomic E-state index is -0.112. The maximum atomic E-state index is 11.6. The third kappa shape index (κ3) is 6.36. The fourth-order valence-electron chi connectivity index (χ4n) is 1.84. The van der Waals surface area contributed by atoms with Gasteiger partial charge in [0.05, 0.1) is 0 Å². The van der Waals surface area contributed by atoms with Crippen molar-refractivity contribution in [3.63, 3.8) is 0 Å². The van der Waals surface area contributed by atoms with E-state index in [1.165, 1.54) is 5.56 Å². The number of carbonyl (C=O) groups is 1. The zero-order valence-corrected chi connectivity index (χ0v) is 12.7. The summed E-state index contributed by atoms with van der Waals surface area (Å²) in [5.41, 5.74) is 2.42. The van der Waals surface area contributed by atoms with Gasteiger partial charge in [0.25, 0.3) is 0 Å². The number of thioether (sulfide) groups is 1. The van der Waals surface area contributed by atoms with Gasteiger partial charge in [0.1, 0.15) is 0 Å². The molecule has 0 aromatic heterocycles. The van der Waals surface area contributed by atoms with Crippen molar-refractivity contribution in [1.82, 2.24) is 10.6 Å². The summed E-state index contributed by atoms with van der Waals surface area (Å²) in [6, 6.07) is 20.1. The van der Waals surface area contributed by atoms with Crippen molar-refractivity contribution in [3.8, 4) is 0 Å². The number of hydrogen-bond donors (Lipinski definition) is 2. The summed E-state index contributed by atoms with van der Waals surface area (Å²) >= 11 is 1.82. The number of carbonyl (C=O) groups excluding carboxylic acids is 1. The molecule has 0 heterocycles. The number of nitrogens with one attached hydrogen (secondary N) is 2. The van der Waals surface area contributed by atoms with Gasteiger partial charge in [-0.3, -0.25) is 0 Å². The van der Waals surface area contributed by atoms with E-state index in [1.807, 2.05) is 60.3 Å². The van der Waals surface area contributed by atoms with Crippen LogP contribution in [0.15, 0.2) is 60.7 Å². The second kappa shape index (κ2) is 9.08. The molecule has 0 aliphatic heterocycles. The highest BCUT2D eigenvalue weighted by molar-refractivity contribution is 7.98. The summed E-state index contributed by atoms with van der Waals surface area (Å²) in [7, 11) is 0. The molecular weight excluding hydrogens is 280 g/mol. The highest BCUT2D eigenvalue weighted by Crippen LogP contribution is 2.10. The van der Waals surface area contributed by atoms with Gasteiger partial charge >= 0.3 is 6.03 Å². The molecule has 0 spiro atoms. The second-order valence-corrected chi connectivity index (χ2v) is 5.74. The van der Waals surface area contributed by atoms with Crippen molar-refractivity contribution < 1.29 is 4.79 Å². The Hall–Kier alpha value is -1.94. The topological polar surface area (TPSA) is 41.1 Å². The molecule has 2 aromatic carbocycles. The molecule has 0 saturated carbocycles. The molecule has 0 bridgehead atoms. The number of benzene rings is 2. The largest absolute Gasteiger partial charge is 0.337 e. The lowest BCUT2D eigenvalue weighted by atomic mass is 10.2. The van der Waals surface area contributed by atoms with Crippen LogP contribution in [0.3, 0.4) is 0 Å². The predicted octanol–water partition coefficient (Wildman–Crippen LogP) is 3.42. The summed E-state index contributed by atoms with van der Waals surface area (Å²) in [4.78, 5) is 11.6. The molecule has 0 fully saturated rings. The molecule has 4 heteroatoms. The maximum absolute atomic E-state index is 11.6. The van der Waals surface area contributed by atoms with Crippen LogP contribution < -0.4 is 10.6 Å². The molecule has 3 nitrogen and oxygen atoms in total. The first-order chi connectivity index (χ1) is 10.3. The number of hydrogen-bond acceptors (Lipinski definition) is 2.